The van der Waals surface area contributed by atoms with Crippen LogP contribution in [0.15, 0.2) is 42.5 Å². The first-order chi connectivity index (χ1) is 12.5. The van der Waals surface area contributed by atoms with Gasteiger partial charge in [0.1, 0.15) is 5.75 Å². The lowest BCUT2D eigenvalue weighted by molar-refractivity contribution is -0.119. The lowest BCUT2D eigenvalue weighted by Crippen LogP contribution is -2.29. The summed E-state index contributed by atoms with van der Waals surface area (Å²) in [7, 11) is 1.62. The van der Waals surface area contributed by atoms with Crippen LogP contribution in [0.25, 0.3) is 0 Å². The fourth-order valence-corrected chi connectivity index (χ4v) is 2.38. The summed E-state index contributed by atoms with van der Waals surface area (Å²) >= 11 is 0. The van der Waals surface area contributed by atoms with Crippen molar-refractivity contribution in [3.63, 3.8) is 0 Å². The lowest BCUT2D eigenvalue weighted by atomic mass is 10.1. The number of rotatable bonds is 8. The van der Waals surface area contributed by atoms with Gasteiger partial charge in [-0.3, -0.25) is 9.59 Å². The van der Waals surface area contributed by atoms with Gasteiger partial charge >= 0.3 is 0 Å². The van der Waals surface area contributed by atoms with Gasteiger partial charge in [-0.05, 0) is 42.3 Å². The molecule has 26 heavy (non-hydrogen) atoms. The zero-order chi connectivity index (χ0) is 18.9. The highest BCUT2D eigenvalue weighted by atomic mass is 16.5. The summed E-state index contributed by atoms with van der Waals surface area (Å²) in [5.74, 6) is 0.637. The van der Waals surface area contributed by atoms with Crippen molar-refractivity contribution in [3.05, 3.63) is 53.6 Å². The van der Waals surface area contributed by atoms with Crippen molar-refractivity contribution in [3.8, 4) is 5.75 Å². The molecule has 0 saturated carbocycles. The molecule has 0 spiro atoms. The minimum Gasteiger partial charge on any atom is -0.497 e. The molecule has 0 bridgehead atoms. The molecule has 0 radical (unpaired) electrons. The zero-order valence-electron chi connectivity index (χ0n) is 15.4. The predicted octanol–water partition coefficient (Wildman–Crippen LogP) is 3.08. The van der Waals surface area contributed by atoms with Crippen LogP contribution in [-0.4, -0.2) is 25.5 Å². The van der Waals surface area contributed by atoms with Crippen molar-refractivity contribution in [2.45, 2.75) is 26.8 Å². The highest BCUT2D eigenvalue weighted by Gasteiger charge is 2.08. The van der Waals surface area contributed by atoms with E-state index < -0.39 is 0 Å². The highest BCUT2D eigenvalue weighted by molar-refractivity contribution is 5.92. The van der Waals surface area contributed by atoms with Crippen LogP contribution >= 0.6 is 0 Å². The summed E-state index contributed by atoms with van der Waals surface area (Å²) in [6.45, 7) is 4.32. The number of methoxy groups -OCH3 is 1. The molecule has 2 aromatic carbocycles. The number of ether oxygens (including phenoxy) is 1. The van der Waals surface area contributed by atoms with Gasteiger partial charge in [0.05, 0.1) is 13.7 Å². The molecule has 0 aliphatic rings. The number of amides is 2. The standard InChI is InChI=1S/C20H25N3O3/c1-4-19(24)23-18-7-5-6-17(14(18)2)21-13-20(25)22-12-15-8-10-16(26-3)11-9-15/h5-11,21H,4,12-13H2,1-3H3,(H,22,25)(H,23,24). The Morgan fingerprint density at radius 2 is 1.69 bits per heavy atom. The van der Waals surface area contributed by atoms with Gasteiger partial charge in [0.25, 0.3) is 0 Å². The Kier molecular flexibility index (Phi) is 7.02. The molecule has 0 aliphatic heterocycles. The van der Waals surface area contributed by atoms with Crippen LogP contribution in [0.5, 0.6) is 5.75 Å². The van der Waals surface area contributed by atoms with Gasteiger partial charge in [0.15, 0.2) is 0 Å². The van der Waals surface area contributed by atoms with E-state index in [1.165, 1.54) is 0 Å². The van der Waals surface area contributed by atoms with Crippen LogP contribution in [0.2, 0.25) is 0 Å². The van der Waals surface area contributed by atoms with Crippen molar-refractivity contribution >= 4 is 23.2 Å². The smallest absolute Gasteiger partial charge is 0.239 e. The Hall–Kier alpha value is -3.02. The number of benzene rings is 2. The molecule has 138 valence electrons. The molecule has 2 aromatic rings. The van der Waals surface area contributed by atoms with Gasteiger partial charge in [-0.15, -0.1) is 0 Å². The van der Waals surface area contributed by atoms with E-state index in [4.69, 9.17) is 4.74 Å². The van der Waals surface area contributed by atoms with Crippen molar-refractivity contribution in [2.24, 2.45) is 0 Å². The highest BCUT2D eigenvalue weighted by Crippen LogP contribution is 2.23. The molecule has 0 unspecified atom stereocenters. The number of carbonyl (C=O) groups is 2. The van der Waals surface area contributed by atoms with E-state index in [9.17, 15) is 9.59 Å². The van der Waals surface area contributed by atoms with Gasteiger partial charge in [0, 0.05) is 24.3 Å². The Bertz CT molecular complexity index is 757. The summed E-state index contributed by atoms with van der Waals surface area (Å²) in [4.78, 5) is 23.6. The number of anilines is 2. The van der Waals surface area contributed by atoms with Crippen molar-refractivity contribution in [1.82, 2.24) is 5.32 Å². The minimum atomic E-state index is -0.108. The Labute approximate surface area is 153 Å². The molecule has 2 amide bonds. The molecule has 2 rings (SSSR count). The minimum absolute atomic E-state index is 0.0394. The van der Waals surface area contributed by atoms with Crippen molar-refractivity contribution < 1.29 is 14.3 Å². The first kappa shape index (κ1) is 19.3. The van der Waals surface area contributed by atoms with Gasteiger partial charge < -0.3 is 20.7 Å². The second-order valence-electron chi connectivity index (χ2n) is 5.86. The van der Waals surface area contributed by atoms with E-state index in [-0.39, 0.29) is 18.4 Å². The van der Waals surface area contributed by atoms with E-state index in [0.717, 1.165) is 28.3 Å². The van der Waals surface area contributed by atoms with Gasteiger partial charge in [-0.1, -0.05) is 25.1 Å². The van der Waals surface area contributed by atoms with Crippen molar-refractivity contribution in [1.29, 1.82) is 0 Å². The number of carbonyl (C=O) groups excluding carboxylic acids is 2. The van der Waals surface area contributed by atoms with Crippen LogP contribution in [-0.2, 0) is 16.1 Å². The molecule has 0 heterocycles. The average molecular weight is 355 g/mol. The van der Waals surface area contributed by atoms with E-state index in [1.807, 2.05) is 49.4 Å². The molecule has 0 aromatic heterocycles. The number of hydrogen-bond acceptors (Lipinski definition) is 4. The third kappa shape index (κ3) is 5.51. The molecule has 0 atom stereocenters. The lowest BCUT2D eigenvalue weighted by Gasteiger charge is -2.14. The fourth-order valence-electron chi connectivity index (χ4n) is 2.38. The number of hydrogen-bond donors (Lipinski definition) is 3. The quantitative estimate of drug-likeness (QED) is 0.680. The summed E-state index contributed by atoms with van der Waals surface area (Å²) in [5, 5.41) is 8.84. The Morgan fingerprint density at radius 1 is 1.00 bits per heavy atom. The molecule has 6 heteroatoms. The van der Waals surface area contributed by atoms with Crippen LogP contribution in [0.3, 0.4) is 0 Å². The molecule has 0 saturated heterocycles. The van der Waals surface area contributed by atoms with Crippen LogP contribution in [0.1, 0.15) is 24.5 Å². The Morgan fingerprint density at radius 3 is 2.35 bits per heavy atom. The van der Waals surface area contributed by atoms with E-state index in [2.05, 4.69) is 16.0 Å². The second kappa shape index (κ2) is 9.46. The monoisotopic (exact) mass is 355 g/mol. The molecule has 0 fully saturated rings. The van der Waals surface area contributed by atoms with E-state index >= 15 is 0 Å². The van der Waals surface area contributed by atoms with Crippen LogP contribution in [0.4, 0.5) is 11.4 Å². The summed E-state index contributed by atoms with van der Waals surface area (Å²) < 4.78 is 5.11. The molecule has 0 aliphatic carbocycles. The fraction of sp³-hybridized carbons (Fsp3) is 0.300. The third-order valence-corrected chi connectivity index (χ3v) is 4.02. The first-order valence-electron chi connectivity index (χ1n) is 8.56. The summed E-state index contributed by atoms with van der Waals surface area (Å²) in [5.41, 5.74) is 3.47. The maximum absolute atomic E-state index is 12.1. The molecule has 6 nitrogen and oxygen atoms in total. The summed E-state index contributed by atoms with van der Waals surface area (Å²) in [6.07, 6.45) is 0.421. The largest absolute Gasteiger partial charge is 0.497 e. The van der Waals surface area contributed by atoms with E-state index in [0.29, 0.717) is 13.0 Å². The SMILES string of the molecule is CCC(=O)Nc1cccc(NCC(=O)NCc2ccc(OC)cc2)c1C. The maximum atomic E-state index is 12.1. The summed E-state index contributed by atoms with van der Waals surface area (Å²) in [6, 6.07) is 13.1. The topological polar surface area (TPSA) is 79.5 Å². The average Bonchev–Trinajstić information content (AvgIpc) is 2.67. The predicted molar refractivity (Wildman–Crippen MR) is 103 cm³/mol. The third-order valence-electron chi connectivity index (χ3n) is 4.02. The van der Waals surface area contributed by atoms with Gasteiger partial charge in [0.2, 0.25) is 11.8 Å². The molecular formula is C20H25N3O3. The molecule has 3 N–H and O–H groups in total. The maximum Gasteiger partial charge on any atom is 0.239 e. The van der Waals surface area contributed by atoms with E-state index in [1.54, 1.807) is 14.0 Å². The number of nitrogens with one attached hydrogen (secondary N) is 3. The van der Waals surface area contributed by atoms with Crippen LogP contribution < -0.4 is 20.7 Å². The second-order valence-corrected chi connectivity index (χ2v) is 5.86. The zero-order valence-corrected chi connectivity index (χ0v) is 15.4. The van der Waals surface area contributed by atoms with Gasteiger partial charge in [-0.25, -0.2) is 0 Å². The normalized spacial score (nSPS) is 10.1. The molecular weight excluding hydrogens is 330 g/mol. The van der Waals surface area contributed by atoms with Crippen molar-refractivity contribution in [2.75, 3.05) is 24.3 Å². The Balaban J connectivity index is 1.86. The van der Waals surface area contributed by atoms with Gasteiger partial charge in [-0.2, -0.15) is 0 Å². The van der Waals surface area contributed by atoms with Crippen LogP contribution in [0, 0.1) is 6.92 Å². The first-order valence-corrected chi connectivity index (χ1v) is 8.56.